The summed E-state index contributed by atoms with van der Waals surface area (Å²) >= 11 is 0. The van der Waals surface area contributed by atoms with Gasteiger partial charge in [0.05, 0.1) is 6.61 Å². The molecule has 1 rings (SSSR count). The summed E-state index contributed by atoms with van der Waals surface area (Å²) in [6, 6.07) is 6.67. The molecule has 0 spiro atoms. The summed E-state index contributed by atoms with van der Waals surface area (Å²) in [6.45, 7) is 0.141. The molecule has 5 heteroatoms. The predicted octanol–water partition coefficient (Wildman–Crippen LogP) is 0.360. The Kier molecular flexibility index (Phi) is 4.75. The van der Waals surface area contributed by atoms with Gasteiger partial charge in [0.1, 0.15) is 5.75 Å². The van der Waals surface area contributed by atoms with Crippen molar-refractivity contribution in [3.05, 3.63) is 29.8 Å². The summed E-state index contributed by atoms with van der Waals surface area (Å²) in [7, 11) is 0. The minimum absolute atomic E-state index is 0.105. The number of benzene rings is 1. The molecule has 1 atom stereocenters. The van der Waals surface area contributed by atoms with Crippen molar-refractivity contribution in [1.29, 1.82) is 0 Å². The van der Waals surface area contributed by atoms with E-state index in [0.717, 1.165) is 0 Å². The summed E-state index contributed by atoms with van der Waals surface area (Å²) in [6.07, 6.45) is -0.697. The smallest absolute Gasteiger partial charge is 0.344 e. The van der Waals surface area contributed by atoms with Crippen LogP contribution in [-0.2, 0) is 11.4 Å². The van der Waals surface area contributed by atoms with E-state index < -0.39 is 12.1 Å². The van der Waals surface area contributed by atoms with Gasteiger partial charge >= 0.3 is 5.97 Å². The molecule has 88 valence electrons. The van der Waals surface area contributed by atoms with E-state index in [-0.39, 0.29) is 19.6 Å². The lowest BCUT2D eigenvalue weighted by Crippen LogP contribution is -2.29. The van der Waals surface area contributed by atoms with Crippen LogP contribution in [0.3, 0.4) is 0 Å². The van der Waals surface area contributed by atoms with Crippen molar-refractivity contribution < 1.29 is 19.7 Å². The van der Waals surface area contributed by atoms with Crippen LogP contribution in [0.1, 0.15) is 12.0 Å². The Hall–Kier alpha value is -1.59. The Bertz CT molecular complexity index is 354. The van der Waals surface area contributed by atoms with Gasteiger partial charge in [-0.1, -0.05) is 12.1 Å². The number of carboxylic acids is 1. The molecule has 0 saturated heterocycles. The van der Waals surface area contributed by atoms with E-state index in [1.54, 1.807) is 24.3 Å². The minimum Gasteiger partial charge on any atom is -0.479 e. The number of hydrogen-bond acceptors (Lipinski definition) is 4. The van der Waals surface area contributed by atoms with Crippen molar-refractivity contribution in [3.8, 4) is 5.75 Å². The summed E-state index contributed by atoms with van der Waals surface area (Å²) in [5.74, 6) is -0.618. The highest BCUT2D eigenvalue weighted by atomic mass is 16.5. The SMILES string of the molecule is NCCC(Oc1cccc(CO)c1)C(=O)O. The van der Waals surface area contributed by atoms with Crippen molar-refractivity contribution >= 4 is 5.97 Å². The Morgan fingerprint density at radius 3 is 2.81 bits per heavy atom. The highest BCUT2D eigenvalue weighted by molar-refractivity contribution is 5.72. The lowest BCUT2D eigenvalue weighted by molar-refractivity contribution is -0.145. The standard InChI is InChI=1S/C11H15NO4/c12-5-4-10(11(14)15)16-9-3-1-2-8(6-9)7-13/h1-3,6,10,13H,4-5,7,12H2,(H,14,15). The van der Waals surface area contributed by atoms with E-state index in [4.69, 9.17) is 20.7 Å². The van der Waals surface area contributed by atoms with Crippen molar-refractivity contribution in [2.24, 2.45) is 5.73 Å². The molecular weight excluding hydrogens is 210 g/mol. The van der Waals surface area contributed by atoms with Crippen LogP contribution in [0.15, 0.2) is 24.3 Å². The van der Waals surface area contributed by atoms with Crippen LogP contribution in [0.2, 0.25) is 0 Å². The van der Waals surface area contributed by atoms with Crippen LogP contribution in [0, 0.1) is 0 Å². The Labute approximate surface area is 93.5 Å². The zero-order valence-electron chi connectivity index (χ0n) is 8.80. The summed E-state index contributed by atoms with van der Waals surface area (Å²) < 4.78 is 5.27. The van der Waals surface area contributed by atoms with Gasteiger partial charge in [0, 0.05) is 6.42 Å². The summed E-state index contributed by atoms with van der Waals surface area (Å²) in [5.41, 5.74) is 5.97. The number of rotatable bonds is 6. The fraction of sp³-hybridized carbons (Fsp3) is 0.364. The Balaban J connectivity index is 2.72. The molecule has 0 radical (unpaired) electrons. The average molecular weight is 225 g/mol. The molecule has 1 aromatic rings. The van der Waals surface area contributed by atoms with Gasteiger partial charge in [-0.3, -0.25) is 0 Å². The number of hydrogen-bond donors (Lipinski definition) is 3. The molecule has 5 nitrogen and oxygen atoms in total. The lowest BCUT2D eigenvalue weighted by Gasteiger charge is -2.14. The maximum Gasteiger partial charge on any atom is 0.344 e. The van der Waals surface area contributed by atoms with Crippen LogP contribution < -0.4 is 10.5 Å². The molecule has 0 aliphatic rings. The maximum absolute atomic E-state index is 10.8. The molecule has 0 aromatic heterocycles. The molecule has 0 aliphatic carbocycles. The van der Waals surface area contributed by atoms with Crippen molar-refractivity contribution in [1.82, 2.24) is 0 Å². The molecule has 0 heterocycles. The average Bonchev–Trinajstić information content (AvgIpc) is 2.28. The molecule has 1 unspecified atom stereocenters. The van der Waals surface area contributed by atoms with Gasteiger partial charge in [-0.25, -0.2) is 4.79 Å². The van der Waals surface area contributed by atoms with E-state index in [1.165, 1.54) is 0 Å². The molecule has 0 amide bonds. The normalized spacial score (nSPS) is 12.1. The van der Waals surface area contributed by atoms with Gasteiger partial charge in [-0.15, -0.1) is 0 Å². The van der Waals surface area contributed by atoms with E-state index in [2.05, 4.69) is 0 Å². The first-order chi connectivity index (χ1) is 7.67. The van der Waals surface area contributed by atoms with Gasteiger partial charge in [0.15, 0.2) is 6.10 Å². The Morgan fingerprint density at radius 2 is 2.25 bits per heavy atom. The third kappa shape index (κ3) is 3.52. The number of nitrogens with two attached hydrogens (primary N) is 1. The van der Waals surface area contributed by atoms with E-state index in [1.807, 2.05) is 0 Å². The van der Waals surface area contributed by atoms with Crippen molar-refractivity contribution in [2.75, 3.05) is 6.54 Å². The van der Waals surface area contributed by atoms with Gasteiger partial charge in [0.2, 0.25) is 0 Å². The first-order valence-electron chi connectivity index (χ1n) is 4.96. The molecule has 0 saturated carbocycles. The van der Waals surface area contributed by atoms with E-state index in [9.17, 15) is 4.79 Å². The van der Waals surface area contributed by atoms with Gasteiger partial charge in [-0.05, 0) is 24.2 Å². The van der Waals surface area contributed by atoms with Crippen LogP contribution in [0.5, 0.6) is 5.75 Å². The fourth-order valence-corrected chi connectivity index (χ4v) is 1.27. The predicted molar refractivity (Wildman–Crippen MR) is 58.1 cm³/mol. The fourth-order valence-electron chi connectivity index (χ4n) is 1.27. The number of aliphatic carboxylic acids is 1. The third-order valence-corrected chi connectivity index (χ3v) is 2.06. The number of aliphatic hydroxyl groups excluding tert-OH is 1. The topological polar surface area (TPSA) is 92.8 Å². The minimum atomic E-state index is -1.04. The zero-order valence-corrected chi connectivity index (χ0v) is 8.80. The number of carboxylic acid groups (broad SMARTS) is 1. The zero-order chi connectivity index (χ0) is 12.0. The van der Waals surface area contributed by atoms with Crippen molar-refractivity contribution in [3.63, 3.8) is 0 Å². The Morgan fingerprint density at radius 1 is 1.50 bits per heavy atom. The highest BCUT2D eigenvalue weighted by Crippen LogP contribution is 2.16. The van der Waals surface area contributed by atoms with Gasteiger partial charge in [0.25, 0.3) is 0 Å². The first-order valence-corrected chi connectivity index (χ1v) is 4.96. The first kappa shape index (κ1) is 12.5. The van der Waals surface area contributed by atoms with Gasteiger partial charge < -0.3 is 20.7 Å². The molecule has 4 N–H and O–H groups in total. The second-order valence-electron chi connectivity index (χ2n) is 3.33. The van der Waals surface area contributed by atoms with Crippen molar-refractivity contribution in [2.45, 2.75) is 19.1 Å². The molecular formula is C11H15NO4. The molecule has 16 heavy (non-hydrogen) atoms. The second kappa shape index (κ2) is 6.09. The number of carbonyl (C=O) groups is 1. The third-order valence-electron chi connectivity index (χ3n) is 2.06. The summed E-state index contributed by atoms with van der Waals surface area (Å²) in [5, 5.41) is 17.8. The van der Waals surface area contributed by atoms with Crippen LogP contribution in [0.25, 0.3) is 0 Å². The van der Waals surface area contributed by atoms with Crippen LogP contribution in [-0.4, -0.2) is 28.8 Å². The van der Waals surface area contributed by atoms with Crippen LogP contribution in [0.4, 0.5) is 0 Å². The molecule has 0 fully saturated rings. The van der Waals surface area contributed by atoms with Gasteiger partial charge in [-0.2, -0.15) is 0 Å². The van der Waals surface area contributed by atoms with Crippen LogP contribution >= 0.6 is 0 Å². The highest BCUT2D eigenvalue weighted by Gasteiger charge is 2.18. The molecule has 0 bridgehead atoms. The summed E-state index contributed by atoms with van der Waals surface area (Å²) in [4.78, 5) is 10.8. The number of aliphatic hydroxyl groups is 1. The lowest BCUT2D eigenvalue weighted by atomic mass is 10.2. The largest absolute Gasteiger partial charge is 0.479 e. The van der Waals surface area contributed by atoms with E-state index in [0.29, 0.717) is 11.3 Å². The monoisotopic (exact) mass is 225 g/mol. The van der Waals surface area contributed by atoms with E-state index >= 15 is 0 Å². The quantitative estimate of drug-likeness (QED) is 0.650. The maximum atomic E-state index is 10.8. The molecule has 1 aromatic carbocycles. The second-order valence-corrected chi connectivity index (χ2v) is 3.33. The number of ether oxygens (including phenoxy) is 1. The molecule has 0 aliphatic heterocycles.